The molecule has 0 aliphatic carbocycles. The van der Waals surface area contributed by atoms with Crippen LogP contribution in [-0.4, -0.2) is 70.9 Å². The molecule has 2 amide bonds. The number of carbonyl (C=O) groups is 4. The van der Waals surface area contributed by atoms with Crippen LogP contribution in [0.4, 0.5) is 13.6 Å². The largest absolute Gasteiger partial charge is 0.478 e. The van der Waals surface area contributed by atoms with Gasteiger partial charge in [-0.3, -0.25) is 20.3 Å². The SMILES string of the molecule is CC(=O)NC(CSC(=O)Oc1ccc(-c2ccc(F)cc2F)cc1C(=O)O)C(=O)N/C(N)=N/C(=N)N(C)C. The Balaban J connectivity index is 2.14. The van der Waals surface area contributed by atoms with E-state index in [2.05, 4.69) is 15.6 Å². The molecule has 0 aliphatic heterocycles. The van der Waals surface area contributed by atoms with Gasteiger partial charge in [0.15, 0.2) is 0 Å². The number of guanidine groups is 2. The Labute approximate surface area is 219 Å². The topological polar surface area (TPSA) is 187 Å². The molecule has 0 aromatic heterocycles. The van der Waals surface area contributed by atoms with Gasteiger partial charge in [-0.1, -0.05) is 6.07 Å². The Morgan fingerprint density at radius 2 is 1.87 bits per heavy atom. The summed E-state index contributed by atoms with van der Waals surface area (Å²) in [4.78, 5) is 53.2. The van der Waals surface area contributed by atoms with E-state index in [0.29, 0.717) is 17.8 Å². The molecule has 0 saturated carbocycles. The Bertz CT molecular complexity index is 1300. The van der Waals surface area contributed by atoms with Crippen LogP contribution in [0.25, 0.3) is 11.1 Å². The van der Waals surface area contributed by atoms with E-state index in [1.807, 2.05) is 0 Å². The summed E-state index contributed by atoms with van der Waals surface area (Å²) in [7, 11) is 3.07. The number of thioether (sulfide) groups is 1. The maximum atomic E-state index is 14.1. The molecular formula is C23H24F2N6O6S. The number of aliphatic imine (C=N–C) groups is 1. The highest BCUT2D eigenvalue weighted by Gasteiger charge is 2.24. The number of amides is 2. The Morgan fingerprint density at radius 1 is 1.18 bits per heavy atom. The van der Waals surface area contributed by atoms with Crippen molar-refractivity contribution >= 4 is 46.8 Å². The van der Waals surface area contributed by atoms with E-state index in [1.54, 1.807) is 0 Å². The van der Waals surface area contributed by atoms with Gasteiger partial charge in [0.2, 0.25) is 23.7 Å². The fraction of sp³-hybridized carbons (Fsp3) is 0.217. The van der Waals surface area contributed by atoms with Crippen molar-refractivity contribution in [1.29, 1.82) is 5.41 Å². The lowest BCUT2D eigenvalue weighted by molar-refractivity contribution is -0.126. The van der Waals surface area contributed by atoms with E-state index in [1.165, 1.54) is 25.1 Å². The summed E-state index contributed by atoms with van der Waals surface area (Å²) >= 11 is 0.458. The third-order valence-corrected chi connectivity index (χ3v) is 5.43. The van der Waals surface area contributed by atoms with Gasteiger partial charge in [-0.15, -0.1) is 0 Å². The third kappa shape index (κ3) is 8.55. The minimum atomic E-state index is -1.48. The molecule has 0 spiro atoms. The van der Waals surface area contributed by atoms with E-state index < -0.39 is 52.3 Å². The van der Waals surface area contributed by atoms with Gasteiger partial charge >= 0.3 is 11.3 Å². The summed E-state index contributed by atoms with van der Waals surface area (Å²) in [6.45, 7) is 1.15. The van der Waals surface area contributed by atoms with Gasteiger partial charge < -0.3 is 25.8 Å². The zero-order valence-corrected chi connectivity index (χ0v) is 21.2. The first kappa shape index (κ1) is 29.7. The highest BCUT2D eigenvalue weighted by Crippen LogP contribution is 2.30. The average molecular weight is 551 g/mol. The molecule has 202 valence electrons. The van der Waals surface area contributed by atoms with E-state index in [0.717, 1.165) is 31.2 Å². The first-order valence-corrected chi connectivity index (χ1v) is 11.6. The van der Waals surface area contributed by atoms with Gasteiger partial charge in [0.05, 0.1) is 0 Å². The minimum Gasteiger partial charge on any atom is -0.478 e. The maximum absolute atomic E-state index is 14.1. The number of halogens is 2. The average Bonchev–Trinajstić information content (AvgIpc) is 2.81. The summed E-state index contributed by atoms with van der Waals surface area (Å²) in [5, 5.41) is 20.7. The number of carboxylic acids is 1. The number of carbonyl (C=O) groups excluding carboxylic acids is 3. The van der Waals surface area contributed by atoms with Gasteiger partial charge in [-0.05, 0) is 41.6 Å². The number of hydrogen-bond donors (Lipinski definition) is 5. The molecule has 15 heteroatoms. The number of rotatable bonds is 7. The summed E-state index contributed by atoms with van der Waals surface area (Å²) in [5.41, 5.74) is 5.18. The molecule has 0 fully saturated rings. The zero-order chi connectivity index (χ0) is 28.6. The maximum Gasteiger partial charge on any atom is 0.372 e. The number of nitrogens with zero attached hydrogens (tertiary/aromatic N) is 2. The highest BCUT2D eigenvalue weighted by molar-refractivity contribution is 8.13. The van der Waals surface area contributed by atoms with Crippen molar-refractivity contribution < 1.29 is 37.8 Å². The summed E-state index contributed by atoms with van der Waals surface area (Å²) in [6.07, 6.45) is 0. The Kier molecular flexibility index (Phi) is 10.3. The number of carboxylic acid groups (broad SMARTS) is 1. The van der Waals surface area contributed by atoms with Crippen molar-refractivity contribution in [2.75, 3.05) is 19.8 Å². The lowest BCUT2D eigenvalue weighted by Gasteiger charge is -2.17. The molecule has 0 heterocycles. The minimum absolute atomic E-state index is 0.0613. The highest BCUT2D eigenvalue weighted by atomic mass is 32.2. The molecule has 0 aliphatic rings. The monoisotopic (exact) mass is 550 g/mol. The second-order valence-electron chi connectivity index (χ2n) is 7.76. The lowest BCUT2D eigenvalue weighted by atomic mass is 10.0. The molecule has 0 bridgehead atoms. The molecule has 2 aromatic carbocycles. The van der Waals surface area contributed by atoms with Crippen molar-refractivity contribution in [2.24, 2.45) is 10.7 Å². The van der Waals surface area contributed by atoms with E-state index in [4.69, 9.17) is 15.9 Å². The molecule has 6 N–H and O–H groups in total. The summed E-state index contributed by atoms with van der Waals surface area (Å²) in [5.74, 6) is -5.97. The molecule has 1 atom stereocenters. The van der Waals surface area contributed by atoms with Gasteiger partial charge in [-0.2, -0.15) is 4.99 Å². The number of nitrogens with one attached hydrogen (secondary N) is 3. The van der Waals surface area contributed by atoms with Gasteiger partial charge in [0.25, 0.3) is 0 Å². The fourth-order valence-corrected chi connectivity index (χ4v) is 3.52. The molecular weight excluding hydrogens is 526 g/mol. The number of aromatic carboxylic acids is 1. The molecule has 38 heavy (non-hydrogen) atoms. The number of hydrogen-bond acceptors (Lipinski definition) is 7. The quantitative estimate of drug-likeness (QED) is 0.195. The van der Waals surface area contributed by atoms with Gasteiger partial charge in [0, 0.05) is 38.4 Å². The van der Waals surface area contributed by atoms with Crippen LogP contribution in [0.5, 0.6) is 5.75 Å². The predicted octanol–water partition coefficient (Wildman–Crippen LogP) is 1.99. The smallest absolute Gasteiger partial charge is 0.372 e. The van der Waals surface area contributed by atoms with E-state index in [-0.39, 0.29) is 28.6 Å². The van der Waals surface area contributed by atoms with Crippen molar-refractivity contribution in [3.05, 3.63) is 53.6 Å². The van der Waals surface area contributed by atoms with Crippen molar-refractivity contribution in [2.45, 2.75) is 13.0 Å². The lowest BCUT2D eigenvalue weighted by Crippen LogP contribution is -2.51. The van der Waals surface area contributed by atoms with Crippen LogP contribution < -0.4 is 21.1 Å². The first-order valence-electron chi connectivity index (χ1n) is 10.6. The summed E-state index contributed by atoms with van der Waals surface area (Å²) in [6, 6.07) is 5.01. The first-order chi connectivity index (χ1) is 17.8. The number of ether oxygens (including phenoxy) is 1. The van der Waals surface area contributed by atoms with Crippen LogP contribution in [0.15, 0.2) is 41.4 Å². The van der Waals surface area contributed by atoms with Crippen LogP contribution in [-0.2, 0) is 9.59 Å². The number of benzene rings is 2. The van der Waals surface area contributed by atoms with E-state index in [9.17, 15) is 33.1 Å². The molecule has 2 rings (SSSR count). The van der Waals surface area contributed by atoms with Gasteiger partial charge in [-0.25, -0.2) is 18.4 Å². The molecule has 0 saturated heterocycles. The van der Waals surface area contributed by atoms with Crippen LogP contribution in [0.3, 0.4) is 0 Å². The predicted molar refractivity (Wildman–Crippen MR) is 136 cm³/mol. The van der Waals surface area contributed by atoms with Crippen molar-refractivity contribution in [3.63, 3.8) is 0 Å². The molecule has 2 aromatic rings. The van der Waals surface area contributed by atoms with Gasteiger partial charge in [0.1, 0.15) is 29.0 Å². The molecule has 0 radical (unpaired) electrons. The Hall–Kier alpha value is -4.53. The summed E-state index contributed by atoms with van der Waals surface area (Å²) < 4.78 is 32.4. The molecule has 12 nitrogen and oxygen atoms in total. The van der Waals surface area contributed by atoms with Crippen LogP contribution in [0.2, 0.25) is 0 Å². The second kappa shape index (κ2) is 13.1. The second-order valence-corrected chi connectivity index (χ2v) is 8.72. The van der Waals surface area contributed by atoms with Crippen molar-refractivity contribution in [1.82, 2.24) is 15.5 Å². The van der Waals surface area contributed by atoms with Crippen molar-refractivity contribution in [3.8, 4) is 16.9 Å². The standard InChI is InChI=1S/C23H24F2N6O6S/c1-11(32)28-17(19(33)29-21(26)30-22(27)31(2)3)10-38-23(36)37-18-7-4-12(8-15(18)20(34)35)14-6-5-13(24)9-16(14)25/h4-9,17H,10H2,1-3H3,(H,28,32)(H,34,35)(H4,26,27,29,30,33). The van der Waals surface area contributed by atoms with E-state index >= 15 is 0 Å². The Morgan fingerprint density at radius 3 is 2.45 bits per heavy atom. The molecule has 1 unspecified atom stereocenters. The normalized spacial score (nSPS) is 11.8. The van der Waals surface area contributed by atoms with Crippen LogP contribution in [0.1, 0.15) is 17.3 Å². The number of nitrogens with two attached hydrogens (primary N) is 1. The fourth-order valence-electron chi connectivity index (χ4n) is 2.83. The zero-order valence-electron chi connectivity index (χ0n) is 20.4. The third-order valence-electron chi connectivity index (χ3n) is 4.61. The van der Waals surface area contributed by atoms with Crippen LogP contribution in [0, 0.1) is 17.0 Å². The van der Waals surface area contributed by atoms with Crippen LogP contribution >= 0.6 is 11.8 Å².